The number of halogens is 2. The van der Waals surface area contributed by atoms with Gasteiger partial charge in [-0.2, -0.15) is 0 Å². The molecule has 1 heterocycles. The molecule has 1 aromatic heterocycles. The SMILES string of the molecule is CCNC(c1ccncc1C)c1cccc(Cl)c1Cl. The van der Waals surface area contributed by atoms with E-state index >= 15 is 0 Å². The van der Waals surface area contributed by atoms with E-state index in [1.807, 2.05) is 31.3 Å². The van der Waals surface area contributed by atoms with Crippen molar-refractivity contribution in [3.05, 3.63) is 63.4 Å². The second-order valence-corrected chi connectivity index (χ2v) is 5.15. The van der Waals surface area contributed by atoms with Gasteiger partial charge in [0.2, 0.25) is 0 Å². The molecular weight excluding hydrogens is 279 g/mol. The quantitative estimate of drug-likeness (QED) is 0.904. The molecule has 19 heavy (non-hydrogen) atoms. The van der Waals surface area contributed by atoms with E-state index in [0.29, 0.717) is 10.0 Å². The number of hydrogen-bond acceptors (Lipinski definition) is 2. The molecule has 1 unspecified atom stereocenters. The van der Waals surface area contributed by atoms with E-state index in [1.54, 1.807) is 12.3 Å². The van der Waals surface area contributed by atoms with E-state index in [2.05, 4.69) is 17.2 Å². The van der Waals surface area contributed by atoms with Crippen LogP contribution in [-0.2, 0) is 0 Å². The van der Waals surface area contributed by atoms with Crippen LogP contribution >= 0.6 is 23.2 Å². The molecule has 0 fully saturated rings. The van der Waals surface area contributed by atoms with Gasteiger partial charge in [-0.15, -0.1) is 0 Å². The maximum atomic E-state index is 6.34. The topological polar surface area (TPSA) is 24.9 Å². The van der Waals surface area contributed by atoms with Crippen LogP contribution in [0.25, 0.3) is 0 Å². The van der Waals surface area contributed by atoms with Gasteiger partial charge in [-0.05, 0) is 42.3 Å². The van der Waals surface area contributed by atoms with Gasteiger partial charge in [-0.25, -0.2) is 0 Å². The second kappa shape index (κ2) is 6.38. The Morgan fingerprint density at radius 2 is 2.00 bits per heavy atom. The van der Waals surface area contributed by atoms with Crippen LogP contribution < -0.4 is 5.32 Å². The fourth-order valence-corrected chi connectivity index (χ4v) is 2.56. The Balaban J connectivity index is 2.52. The Morgan fingerprint density at radius 3 is 2.68 bits per heavy atom. The molecule has 0 aliphatic heterocycles. The molecular formula is C15H16Cl2N2. The molecule has 0 radical (unpaired) electrons. The van der Waals surface area contributed by atoms with Crippen LogP contribution in [-0.4, -0.2) is 11.5 Å². The number of hydrogen-bond donors (Lipinski definition) is 1. The number of rotatable bonds is 4. The number of aryl methyl sites for hydroxylation is 1. The smallest absolute Gasteiger partial charge is 0.0643 e. The van der Waals surface area contributed by atoms with Crippen molar-refractivity contribution < 1.29 is 0 Å². The summed E-state index contributed by atoms with van der Waals surface area (Å²) in [7, 11) is 0. The summed E-state index contributed by atoms with van der Waals surface area (Å²) in [5.41, 5.74) is 3.29. The molecule has 0 saturated carbocycles. The van der Waals surface area contributed by atoms with Crippen LogP contribution in [0.4, 0.5) is 0 Å². The lowest BCUT2D eigenvalue weighted by atomic mass is 9.96. The highest BCUT2D eigenvalue weighted by molar-refractivity contribution is 6.42. The molecule has 1 N–H and O–H groups in total. The summed E-state index contributed by atoms with van der Waals surface area (Å²) < 4.78 is 0. The number of nitrogens with zero attached hydrogens (tertiary/aromatic N) is 1. The van der Waals surface area contributed by atoms with Crippen LogP contribution in [0.15, 0.2) is 36.7 Å². The van der Waals surface area contributed by atoms with Gasteiger partial charge in [0.05, 0.1) is 16.1 Å². The number of benzene rings is 1. The Hall–Kier alpha value is -1.09. The minimum absolute atomic E-state index is 0.0270. The van der Waals surface area contributed by atoms with Gasteiger partial charge in [0, 0.05) is 12.4 Å². The van der Waals surface area contributed by atoms with Gasteiger partial charge in [0.15, 0.2) is 0 Å². The predicted molar refractivity (Wildman–Crippen MR) is 81.0 cm³/mol. The molecule has 0 spiro atoms. The Kier molecular flexibility index (Phi) is 4.81. The normalized spacial score (nSPS) is 12.4. The highest BCUT2D eigenvalue weighted by Gasteiger charge is 2.18. The minimum Gasteiger partial charge on any atom is -0.306 e. The van der Waals surface area contributed by atoms with Crippen molar-refractivity contribution in [2.45, 2.75) is 19.9 Å². The summed E-state index contributed by atoms with van der Waals surface area (Å²) in [6.07, 6.45) is 3.66. The standard InChI is InChI=1S/C15H16Cl2N2/c1-3-19-15(11-7-8-18-9-10(11)2)12-5-4-6-13(16)14(12)17/h4-9,15,19H,3H2,1-2H3. The summed E-state index contributed by atoms with van der Waals surface area (Å²) in [4.78, 5) is 4.13. The van der Waals surface area contributed by atoms with Crippen LogP contribution in [0, 0.1) is 6.92 Å². The number of nitrogens with one attached hydrogen (secondary N) is 1. The Morgan fingerprint density at radius 1 is 1.21 bits per heavy atom. The third kappa shape index (κ3) is 3.08. The van der Waals surface area contributed by atoms with Crippen molar-refractivity contribution in [1.29, 1.82) is 0 Å². The number of aromatic nitrogens is 1. The van der Waals surface area contributed by atoms with Crippen LogP contribution in [0.2, 0.25) is 10.0 Å². The van der Waals surface area contributed by atoms with Gasteiger partial charge in [0.25, 0.3) is 0 Å². The summed E-state index contributed by atoms with van der Waals surface area (Å²) in [6.45, 7) is 4.96. The molecule has 0 aliphatic carbocycles. The molecule has 100 valence electrons. The molecule has 0 saturated heterocycles. The lowest BCUT2D eigenvalue weighted by Gasteiger charge is -2.22. The predicted octanol–water partition coefficient (Wildman–Crippen LogP) is 4.40. The average Bonchev–Trinajstić information content (AvgIpc) is 2.41. The van der Waals surface area contributed by atoms with Crippen molar-refractivity contribution in [2.75, 3.05) is 6.54 Å². The Labute approximate surface area is 123 Å². The zero-order chi connectivity index (χ0) is 13.8. The molecule has 1 aromatic carbocycles. The third-order valence-electron chi connectivity index (χ3n) is 3.08. The first kappa shape index (κ1) is 14.3. The van der Waals surface area contributed by atoms with Crippen LogP contribution in [0.3, 0.4) is 0 Å². The van der Waals surface area contributed by atoms with Crippen molar-refractivity contribution in [3.63, 3.8) is 0 Å². The van der Waals surface area contributed by atoms with E-state index in [-0.39, 0.29) is 6.04 Å². The monoisotopic (exact) mass is 294 g/mol. The summed E-state index contributed by atoms with van der Waals surface area (Å²) in [6, 6.07) is 7.76. The second-order valence-electron chi connectivity index (χ2n) is 4.37. The summed E-state index contributed by atoms with van der Waals surface area (Å²) in [5, 5.41) is 4.63. The van der Waals surface area contributed by atoms with Crippen molar-refractivity contribution in [2.24, 2.45) is 0 Å². The van der Waals surface area contributed by atoms with E-state index in [0.717, 1.165) is 17.7 Å². The first-order valence-electron chi connectivity index (χ1n) is 6.23. The van der Waals surface area contributed by atoms with Crippen LogP contribution in [0.1, 0.15) is 29.7 Å². The average molecular weight is 295 g/mol. The van der Waals surface area contributed by atoms with E-state index < -0.39 is 0 Å². The molecule has 0 amide bonds. The zero-order valence-corrected chi connectivity index (χ0v) is 12.5. The molecule has 2 rings (SSSR count). The highest BCUT2D eigenvalue weighted by atomic mass is 35.5. The van der Waals surface area contributed by atoms with E-state index in [4.69, 9.17) is 23.2 Å². The lowest BCUT2D eigenvalue weighted by molar-refractivity contribution is 0.627. The maximum absolute atomic E-state index is 6.34. The molecule has 4 heteroatoms. The Bertz CT molecular complexity index is 570. The van der Waals surface area contributed by atoms with Gasteiger partial charge < -0.3 is 5.32 Å². The fraction of sp³-hybridized carbons (Fsp3) is 0.267. The van der Waals surface area contributed by atoms with Crippen molar-refractivity contribution in [3.8, 4) is 0 Å². The molecule has 1 atom stereocenters. The number of pyridine rings is 1. The van der Waals surface area contributed by atoms with Crippen molar-refractivity contribution >= 4 is 23.2 Å². The molecule has 0 aliphatic rings. The third-order valence-corrected chi connectivity index (χ3v) is 3.91. The maximum Gasteiger partial charge on any atom is 0.0643 e. The summed E-state index contributed by atoms with van der Waals surface area (Å²) >= 11 is 12.5. The van der Waals surface area contributed by atoms with E-state index in [9.17, 15) is 0 Å². The molecule has 2 nitrogen and oxygen atoms in total. The van der Waals surface area contributed by atoms with Gasteiger partial charge in [-0.1, -0.05) is 42.3 Å². The first-order valence-corrected chi connectivity index (χ1v) is 6.98. The van der Waals surface area contributed by atoms with Gasteiger partial charge in [0.1, 0.15) is 0 Å². The van der Waals surface area contributed by atoms with Crippen molar-refractivity contribution in [1.82, 2.24) is 10.3 Å². The van der Waals surface area contributed by atoms with Gasteiger partial charge >= 0.3 is 0 Å². The largest absolute Gasteiger partial charge is 0.306 e. The lowest BCUT2D eigenvalue weighted by Crippen LogP contribution is -2.23. The highest BCUT2D eigenvalue weighted by Crippen LogP contribution is 2.33. The zero-order valence-electron chi connectivity index (χ0n) is 11.0. The van der Waals surface area contributed by atoms with Gasteiger partial charge in [-0.3, -0.25) is 4.98 Å². The van der Waals surface area contributed by atoms with E-state index in [1.165, 1.54) is 5.56 Å². The summed E-state index contributed by atoms with van der Waals surface area (Å²) in [5.74, 6) is 0. The minimum atomic E-state index is 0.0270. The first-order chi connectivity index (χ1) is 9.15. The van der Waals surface area contributed by atoms with Crippen LogP contribution in [0.5, 0.6) is 0 Å². The fourth-order valence-electron chi connectivity index (χ4n) is 2.14. The molecule has 2 aromatic rings. The molecule has 0 bridgehead atoms.